The highest BCUT2D eigenvalue weighted by atomic mass is 16.2. The molecule has 0 radical (unpaired) electrons. The van der Waals surface area contributed by atoms with Crippen LogP contribution in [0.25, 0.3) is 0 Å². The summed E-state index contributed by atoms with van der Waals surface area (Å²) in [5.74, 6) is -0.180. The van der Waals surface area contributed by atoms with Crippen molar-refractivity contribution >= 4 is 23.5 Å². The second kappa shape index (κ2) is 9.61. The van der Waals surface area contributed by atoms with Gasteiger partial charge in [0.05, 0.1) is 12.8 Å². The van der Waals surface area contributed by atoms with Gasteiger partial charge in [0.25, 0.3) is 5.91 Å². The van der Waals surface area contributed by atoms with Crippen molar-refractivity contribution in [3.05, 3.63) is 59.2 Å². The number of hydrazone groups is 1. The van der Waals surface area contributed by atoms with Crippen LogP contribution in [0, 0.1) is 13.8 Å². The number of hydrogen-bond donors (Lipinski definition) is 2. The molecule has 0 aliphatic heterocycles. The van der Waals surface area contributed by atoms with Crippen LogP contribution in [0.3, 0.4) is 0 Å². The van der Waals surface area contributed by atoms with Gasteiger partial charge in [0, 0.05) is 24.5 Å². The molecule has 26 heavy (non-hydrogen) atoms. The maximum atomic E-state index is 11.9. The summed E-state index contributed by atoms with van der Waals surface area (Å²) in [6.07, 6.45) is 1.65. The third kappa shape index (κ3) is 5.62. The largest absolute Gasteiger partial charge is 0.376 e. The van der Waals surface area contributed by atoms with E-state index in [1.54, 1.807) is 6.21 Å². The zero-order valence-electron chi connectivity index (χ0n) is 16.0. The van der Waals surface area contributed by atoms with Crippen LogP contribution in [0.15, 0.2) is 47.6 Å². The molecule has 0 heterocycles. The fourth-order valence-electron chi connectivity index (χ4n) is 2.77. The molecule has 5 nitrogen and oxygen atoms in total. The molecule has 2 aromatic carbocycles. The molecule has 0 aromatic heterocycles. The summed E-state index contributed by atoms with van der Waals surface area (Å²) >= 11 is 0. The molecule has 0 saturated heterocycles. The van der Waals surface area contributed by atoms with Gasteiger partial charge in [-0.05, 0) is 57.0 Å². The average Bonchev–Trinajstić information content (AvgIpc) is 2.63. The van der Waals surface area contributed by atoms with Gasteiger partial charge in [-0.2, -0.15) is 5.10 Å². The molecule has 5 heteroatoms. The lowest BCUT2D eigenvalue weighted by atomic mass is 10.1. The van der Waals surface area contributed by atoms with Gasteiger partial charge in [-0.15, -0.1) is 0 Å². The standard InChI is InChI=1S/C21H28N4O/c1-5-25(6-2)19-10-8-18(9-11-19)14-23-24-21(26)15-22-20-12-7-16(3)13-17(20)4/h7-14,22H,5-6,15H2,1-4H3,(H,24,26)/b23-14+. The van der Waals surface area contributed by atoms with Crippen LogP contribution in [-0.4, -0.2) is 31.8 Å². The molecular weight excluding hydrogens is 324 g/mol. The molecular formula is C21H28N4O. The monoisotopic (exact) mass is 352 g/mol. The predicted molar refractivity (Wildman–Crippen MR) is 110 cm³/mol. The number of carbonyl (C=O) groups excluding carboxylic acids is 1. The highest BCUT2D eigenvalue weighted by molar-refractivity contribution is 5.84. The Morgan fingerprint density at radius 3 is 2.38 bits per heavy atom. The van der Waals surface area contributed by atoms with Gasteiger partial charge in [-0.3, -0.25) is 4.79 Å². The van der Waals surface area contributed by atoms with Crippen molar-refractivity contribution < 1.29 is 4.79 Å². The van der Waals surface area contributed by atoms with Crippen LogP contribution in [0.1, 0.15) is 30.5 Å². The van der Waals surface area contributed by atoms with E-state index in [4.69, 9.17) is 0 Å². The summed E-state index contributed by atoms with van der Waals surface area (Å²) in [6.45, 7) is 10.5. The number of nitrogens with one attached hydrogen (secondary N) is 2. The van der Waals surface area contributed by atoms with E-state index < -0.39 is 0 Å². The maximum Gasteiger partial charge on any atom is 0.259 e. The third-order valence-corrected chi connectivity index (χ3v) is 4.25. The molecule has 0 aliphatic carbocycles. The minimum atomic E-state index is -0.180. The van der Waals surface area contributed by atoms with Crippen LogP contribution in [0.2, 0.25) is 0 Å². The van der Waals surface area contributed by atoms with Gasteiger partial charge in [0.2, 0.25) is 0 Å². The number of rotatable bonds is 8. The Bertz CT molecular complexity index is 749. The number of nitrogens with zero attached hydrogens (tertiary/aromatic N) is 2. The Labute approximate surface area is 156 Å². The fourth-order valence-corrected chi connectivity index (χ4v) is 2.77. The van der Waals surface area contributed by atoms with E-state index in [9.17, 15) is 4.79 Å². The molecule has 138 valence electrons. The first-order valence-electron chi connectivity index (χ1n) is 9.01. The summed E-state index contributed by atoms with van der Waals surface area (Å²) in [6, 6.07) is 14.2. The summed E-state index contributed by atoms with van der Waals surface area (Å²) in [4.78, 5) is 14.2. The van der Waals surface area contributed by atoms with Crippen molar-refractivity contribution in [3.63, 3.8) is 0 Å². The van der Waals surface area contributed by atoms with Crippen molar-refractivity contribution in [2.75, 3.05) is 29.9 Å². The van der Waals surface area contributed by atoms with Gasteiger partial charge in [0.1, 0.15) is 0 Å². The Balaban J connectivity index is 1.83. The lowest BCUT2D eigenvalue weighted by Crippen LogP contribution is -2.26. The molecule has 0 fully saturated rings. The number of amides is 1. The quantitative estimate of drug-likeness (QED) is 0.562. The van der Waals surface area contributed by atoms with E-state index in [0.717, 1.165) is 29.9 Å². The number of carbonyl (C=O) groups is 1. The fraction of sp³-hybridized carbons (Fsp3) is 0.333. The zero-order chi connectivity index (χ0) is 18.9. The van der Waals surface area contributed by atoms with E-state index in [-0.39, 0.29) is 12.5 Å². The van der Waals surface area contributed by atoms with Crippen LogP contribution in [0.4, 0.5) is 11.4 Å². The van der Waals surface area contributed by atoms with Crippen molar-refractivity contribution in [3.8, 4) is 0 Å². The van der Waals surface area contributed by atoms with E-state index in [0.29, 0.717) is 0 Å². The molecule has 0 saturated carbocycles. The van der Waals surface area contributed by atoms with Crippen LogP contribution >= 0.6 is 0 Å². The van der Waals surface area contributed by atoms with E-state index >= 15 is 0 Å². The molecule has 0 bridgehead atoms. The first-order chi connectivity index (χ1) is 12.5. The number of anilines is 2. The molecule has 2 rings (SSSR count). The number of benzene rings is 2. The Kier molecular flexibility index (Phi) is 7.21. The molecule has 0 unspecified atom stereocenters. The SMILES string of the molecule is CCN(CC)c1ccc(/C=N/NC(=O)CNc2ccc(C)cc2C)cc1. The Morgan fingerprint density at radius 2 is 1.77 bits per heavy atom. The summed E-state index contributed by atoms with van der Waals surface area (Å²) < 4.78 is 0. The Morgan fingerprint density at radius 1 is 1.08 bits per heavy atom. The van der Waals surface area contributed by atoms with Crippen molar-refractivity contribution in [2.24, 2.45) is 5.10 Å². The van der Waals surface area contributed by atoms with Crippen LogP contribution in [0.5, 0.6) is 0 Å². The molecule has 2 N–H and O–H groups in total. The highest BCUT2D eigenvalue weighted by Gasteiger charge is 2.03. The minimum Gasteiger partial charge on any atom is -0.376 e. The maximum absolute atomic E-state index is 11.9. The second-order valence-corrected chi connectivity index (χ2v) is 6.23. The van der Waals surface area contributed by atoms with Gasteiger partial charge >= 0.3 is 0 Å². The zero-order valence-corrected chi connectivity index (χ0v) is 16.0. The van der Waals surface area contributed by atoms with Crippen molar-refractivity contribution in [1.29, 1.82) is 0 Å². The topological polar surface area (TPSA) is 56.7 Å². The minimum absolute atomic E-state index is 0.180. The lowest BCUT2D eigenvalue weighted by Gasteiger charge is -2.20. The molecule has 2 aromatic rings. The average molecular weight is 352 g/mol. The van der Waals surface area contributed by atoms with Crippen LogP contribution < -0.4 is 15.6 Å². The van der Waals surface area contributed by atoms with Gasteiger partial charge < -0.3 is 10.2 Å². The molecule has 0 aliphatic rings. The highest BCUT2D eigenvalue weighted by Crippen LogP contribution is 2.15. The van der Waals surface area contributed by atoms with Crippen LogP contribution in [-0.2, 0) is 4.79 Å². The van der Waals surface area contributed by atoms with E-state index in [1.807, 2.05) is 38.1 Å². The predicted octanol–water partition coefficient (Wildman–Crippen LogP) is 3.71. The third-order valence-electron chi connectivity index (χ3n) is 4.25. The normalized spacial score (nSPS) is 10.8. The van der Waals surface area contributed by atoms with E-state index in [1.165, 1.54) is 11.3 Å². The molecule has 0 spiro atoms. The van der Waals surface area contributed by atoms with Crippen molar-refractivity contribution in [1.82, 2.24) is 5.43 Å². The summed E-state index contributed by atoms with van der Waals surface area (Å²) in [5.41, 5.74) is 7.97. The van der Waals surface area contributed by atoms with Gasteiger partial charge in [-0.25, -0.2) is 5.43 Å². The number of aryl methyl sites for hydroxylation is 2. The van der Waals surface area contributed by atoms with E-state index in [2.05, 4.69) is 52.8 Å². The number of hydrogen-bond acceptors (Lipinski definition) is 4. The summed E-state index contributed by atoms with van der Waals surface area (Å²) in [5, 5.41) is 7.16. The lowest BCUT2D eigenvalue weighted by molar-refractivity contribution is -0.119. The first kappa shape index (κ1) is 19.5. The van der Waals surface area contributed by atoms with Gasteiger partial charge in [-0.1, -0.05) is 29.8 Å². The van der Waals surface area contributed by atoms with Crippen molar-refractivity contribution in [2.45, 2.75) is 27.7 Å². The second-order valence-electron chi connectivity index (χ2n) is 6.23. The molecule has 0 atom stereocenters. The first-order valence-corrected chi connectivity index (χ1v) is 9.01. The van der Waals surface area contributed by atoms with Gasteiger partial charge in [0.15, 0.2) is 0 Å². The Hall–Kier alpha value is -2.82. The smallest absolute Gasteiger partial charge is 0.259 e. The summed E-state index contributed by atoms with van der Waals surface area (Å²) in [7, 11) is 0. The molecule has 1 amide bonds.